The summed E-state index contributed by atoms with van der Waals surface area (Å²) >= 11 is 7.63. The van der Waals surface area contributed by atoms with Gasteiger partial charge in [0.15, 0.2) is 0 Å². The van der Waals surface area contributed by atoms with E-state index >= 15 is 0 Å². The van der Waals surface area contributed by atoms with Gasteiger partial charge in [-0.15, -0.1) is 11.3 Å². The molecule has 0 amide bonds. The zero-order valence-corrected chi connectivity index (χ0v) is 11.0. The molecule has 0 aliphatic heterocycles. The van der Waals surface area contributed by atoms with Gasteiger partial charge in [0.25, 0.3) is 0 Å². The van der Waals surface area contributed by atoms with Crippen LogP contribution in [0, 0.1) is 0 Å². The van der Waals surface area contributed by atoms with Gasteiger partial charge in [-0.1, -0.05) is 30.9 Å². The fourth-order valence-corrected chi connectivity index (χ4v) is 3.28. The van der Waals surface area contributed by atoms with E-state index in [-0.39, 0.29) is 0 Å². The maximum Gasteiger partial charge on any atom is 0.147 e. The van der Waals surface area contributed by atoms with Crippen molar-refractivity contribution in [3.8, 4) is 0 Å². The molecule has 1 aliphatic rings. The molecule has 0 aromatic carbocycles. The summed E-state index contributed by atoms with van der Waals surface area (Å²) in [4.78, 5) is 8.68. The van der Waals surface area contributed by atoms with Crippen molar-refractivity contribution in [2.45, 2.75) is 38.1 Å². The first-order chi connectivity index (χ1) is 8.33. The molecule has 0 unspecified atom stereocenters. The predicted molar refractivity (Wildman–Crippen MR) is 72.9 cm³/mol. The molecule has 3 rings (SSSR count). The van der Waals surface area contributed by atoms with Gasteiger partial charge in [0.1, 0.15) is 11.0 Å². The molecule has 0 spiro atoms. The summed E-state index contributed by atoms with van der Waals surface area (Å²) in [6.45, 7) is 0. The number of fused-ring (bicyclic) bond motifs is 1. The molecule has 0 radical (unpaired) electrons. The Morgan fingerprint density at radius 1 is 1.29 bits per heavy atom. The van der Waals surface area contributed by atoms with Crippen molar-refractivity contribution >= 4 is 39.0 Å². The second-order valence-electron chi connectivity index (χ2n) is 4.47. The Hall–Kier alpha value is -0.870. The first kappa shape index (κ1) is 11.2. The van der Waals surface area contributed by atoms with Gasteiger partial charge in [0.2, 0.25) is 0 Å². The summed E-state index contributed by atoms with van der Waals surface area (Å²) in [5.74, 6) is 0.905. The molecule has 1 aliphatic carbocycles. The number of hydrogen-bond acceptors (Lipinski definition) is 4. The minimum atomic E-state index is 0.515. The molecule has 1 saturated carbocycles. The molecule has 17 heavy (non-hydrogen) atoms. The molecule has 0 atom stereocenters. The average Bonchev–Trinajstić information content (AvgIpc) is 2.78. The molecule has 0 saturated heterocycles. The number of thiazole rings is 1. The summed E-state index contributed by atoms with van der Waals surface area (Å²) in [5, 5.41) is 4.04. The van der Waals surface area contributed by atoms with E-state index in [0.717, 1.165) is 16.0 Å². The van der Waals surface area contributed by atoms with Crippen molar-refractivity contribution in [2.75, 3.05) is 5.32 Å². The van der Waals surface area contributed by atoms with Gasteiger partial charge in [0, 0.05) is 12.1 Å². The molecule has 5 heteroatoms. The Morgan fingerprint density at radius 2 is 2.12 bits per heavy atom. The van der Waals surface area contributed by atoms with E-state index in [9.17, 15) is 0 Å². The fourth-order valence-electron chi connectivity index (χ4n) is 2.38. The highest BCUT2D eigenvalue weighted by Gasteiger charge is 2.16. The molecule has 1 N–H and O–H groups in total. The Morgan fingerprint density at radius 3 is 2.94 bits per heavy atom. The van der Waals surface area contributed by atoms with Gasteiger partial charge in [-0.05, 0) is 12.8 Å². The zero-order valence-electron chi connectivity index (χ0n) is 9.45. The summed E-state index contributed by atoms with van der Waals surface area (Å²) in [7, 11) is 0. The summed E-state index contributed by atoms with van der Waals surface area (Å²) in [6, 6.07) is 2.36. The summed E-state index contributed by atoms with van der Waals surface area (Å²) in [5.41, 5.74) is 2.78. The van der Waals surface area contributed by atoms with Gasteiger partial charge in [-0.2, -0.15) is 0 Å². The number of nitrogens with one attached hydrogen (secondary N) is 1. The highest BCUT2D eigenvalue weighted by Crippen LogP contribution is 2.30. The Labute approximate surface area is 109 Å². The van der Waals surface area contributed by atoms with Crippen LogP contribution in [-0.2, 0) is 0 Å². The van der Waals surface area contributed by atoms with Crippen molar-refractivity contribution < 1.29 is 0 Å². The first-order valence-electron chi connectivity index (χ1n) is 5.99. The lowest BCUT2D eigenvalue weighted by molar-refractivity contribution is 0.462. The number of pyridine rings is 1. The van der Waals surface area contributed by atoms with Crippen LogP contribution in [0.1, 0.15) is 32.1 Å². The maximum atomic E-state index is 6.01. The van der Waals surface area contributed by atoms with Crippen molar-refractivity contribution in [3.05, 3.63) is 16.7 Å². The van der Waals surface area contributed by atoms with Crippen molar-refractivity contribution in [1.82, 2.24) is 9.97 Å². The van der Waals surface area contributed by atoms with Crippen molar-refractivity contribution in [1.29, 1.82) is 0 Å². The largest absolute Gasteiger partial charge is 0.366 e. The maximum absolute atomic E-state index is 6.01. The highest BCUT2D eigenvalue weighted by atomic mass is 35.5. The van der Waals surface area contributed by atoms with Crippen LogP contribution >= 0.6 is 22.9 Å². The molecule has 90 valence electrons. The molecule has 1 fully saturated rings. The Kier molecular flexibility index (Phi) is 3.16. The molecule has 2 heterocycles. The van der Waals surface area contributed by atoms with Crippen molar-refractivity contribution in [2.24, 2.45) is 0 Å². The van der Waals surface area contributed by atoms with Crippen LogP contribution in [0.25, 0.3) is 10.2 Å². The third kappa shape index (κ3) is 2.38. The number of aromatic nitrogens is 2. The minimum Gasteiger partial charge on any atom is -0.366 e. The van der Waals surface area contributed by atoms with Crippen LogP contribution in [0.15, 0.2) is 11.6 Å². The van der Waals surface area contributed by atoms with E-state index in [4.69, 9.17) is 11.6 Å². The van der Waals surface area contributed by atoms with Gasteiger partial charge in [-0.3, -0.25) is 0 Å². The van der Waals surface area contributed by atoms with Crippen LogP contribution in [0.3, 0.4) is 0 Å². The third-order valence-electron chi connectivity index (χ3n) is 3.23. The van der Waals surface area contributed by atoms with Crippen LogP contribution in [0.2, 0.25) is 5.15 Å². The van der Waals surface area contributed by atoms with Crippen molar-refractivity contribution in [3.63, 3.8) is 0 Å². The third-order valence-corrected chi connectivity index (χ3v) is 4.27. The second kappa shape index (κ2) is 4.78. The van der Waals surface area contributed by atoms with Crippen LogP contribution < -0.4 is 5.32 Å². The second-order valence-corrected chi connectivity index (χ2v) is 5.72. The Bertz CT molecular complexity index is 519. The van der Waals surface area contributed by atoms with E-state index in [1.54, 1.807) is 11.3 Å². The van der Waals surface area contributed by atoms with E-state index < -0.39 is 0 Å². The van der Waals surface area contributed by atoms with Crippen LogP contribution in [0.5, 0.6) is 0 Å². The number of nitrogens with zero attached hydrogens (tertiary/aromatic N) is 2. The molecular weight excluding hydrogens is 254 g/mol. The standard InChI is InChI=1S/C12H14ClN3S/c13-10-6-9-11(17-7-14-9)12(16-10)15-8-4-2-1-3-5-8/h6-8H,1-5H2,(H,15,16). The molecule has 2 aromatic heterocycles. The SMILES string of the molecule is Clc1cc2ncsc2c(NC2CCCCC2)n1. The molecule has 0 bridgehead atoms. The first-order valence-corrected chi connectivity index (χ1v) is 7.25. The number of halogens is 1. The predicted octanol–water partition coefficient (Wildman–Crippen LogP) is 4.09. The lowest BCUT2D eigenvalue weighted by Crippen LogP contribution is -2.22. The van der Waals surface area contributed by atoms with E-state index in [1.807, 2.05) is 11.6 Å². The monoisotopic (exact) mass is 267 g/mol. The number of hydrogen-bond donors (Lipinski definition) is 1. The van der Waals surface area contributed by atoms with E-state index in [2.05, 4.69) is 15.3 Å². The van der Waals surface area contributed by atoms with Crippen LogP contribution in [-0.4, -0.2) is 16.0 Å². The van der Waals surface area contributed by atoms with Gasteiger partial charge < -0.3 is 5.32 Å². The van der Waals surface area contributed by atoms with E-state index in [0.29, 0.717) is 11.2 Å². The van der Waals surface area contributed by atoms with Gasteiger partial charge >= 0.3 is 0 Å². The Balaban J connectivity index is 1.90. The summed E-state index contributed by atoms with van der Waals surface area (Å²) in [6.07, 6.45) is 6.44. The normalized spacial score (nSPS) is 17.5. The number of rotatable bonds is 2. The lowest BCUT2D eigenvalue weighted by atomic mass is 9.95. The molecular formula is C12H14ClN3S. The number of anilines is 1. The molecule has 2 aromatic rings. The van der Waals surface area contributed by atoms with Gasteiger partial charge in [0.05, 0.1) is 15.7 Å². The highest BCUT2D eigenvalue weighted by molar-refractivity contribution is 7.17. The zero-order chi connectivity index (χ0) is 11.7. The summed E-state index contributed by atoms with van der Waals surface area (Å²) < 4.78 is 1.11. The van der Waals surface area contributed by atoms with Crippen LogP contribution in [0.4, 0.5) is 5.82 Å². The minimum absolute atomic E-state index is 0.515. The quantitative estimate of drug-likeness (QED) is 0.833. The van der Waals surface area contributed by atoms with Gasteiger partial charge in [-0.25, -0.2) is 9.97 Å². The average molecular weight is 268 g/mol. The lowest BCUT2D eigenvalue weighted by Gasteiger charge is -2.23. The molecule has 3 nitrogen and oxygen atoms in total. The smallest absolute Gasteiger partial charge is 0.147 e. The topological polar surface area (TPSA) is 37.8 Å². The fraction of sp³-hybridized carbons (Fsp3) is 0.500. The van der Waals surface area contributed by atoms with E-state index in [1.165, 1.54) is 32.1 Å².